The summed E-state index contributed by atoms with van der Waals surface area (Å²) in [4.78, 5) is 0. The zero-order valence-corrected chi connectivity index (χ0v) is 10.1. The molecule has 15 heavy (non-hydrogen) atoms. The standard InChI is InChI=1S/C14H19P/c1-2-6-12(7-3-1)15-13-8-4-5-9-14(15)11-10-13/h1-3,6-7,13-14H,4-5,8-11H2/t13-,14+,15?. The molecule has 3 atom stereocenters. The topological polar surface area (TPSA) is 0 Å². The lowest BCUT2D eigenvalue weighted by Gasteiger charge is -2.23. The number of rotatable bonds is 1. The van der Waals surface area contributed by atoms with Gasteiger partial charge >= 0.3 is 0 Å². The van der Waals surface area contributed by atoms with Gasteiger partial charge in [0.05, 0.1) is 0 Å². The van der Waals surface area contributed by atoms with Crippen LogP contribution >= 0.6 is 7.92 Å². The summed E-state index contributed by atoms with van der Waals surface area (Å²) in [6, 6.07) is 11.4. The van der Waals surface area contributed by atoms with Gasteiger partial charge in [-0.3, -0.25) is 0 Å². The van der Waals surface area contributed by atoms with Crippen molar-refractivity contribution in [3.63, 3.8) is 0 Å². The molecule has 0 aromatic heterocycles. The molecule has 0 saturated carbocycles. The molecular formula is C14H19P. The van der Waals surface area contributed by atoms with Gasteiger partial charge in [0.1, 0.15) is 0 Å². The maximum Gasteiger partial charge on any atom is -0.0166 e. The second-order valence-corrected chi connectivity index (χ2v) is 7.70. The summed E-state index contributed by atoms with van der Waals surface area (Å²) >= 11 is 0. The van der Waals surface area contributed by atoms with E-state index < -0.39 is 0 Å². The Morgan fingerprint density at radius 3 is 2.00 bits per heavy atom. The van der Waals surface area contributed by atoms with Crippen molar-refractivity contribution in [1.82, 2.24) is 0 Å². The third kappa shape index (κ3) is 1.85. The van der Waals surface area contributed by atoms with Crippen LogP contribution in [-0.2, 0) is 0 Å². The minimum absolute atomic E-state index is 0.195. The minimum Gasteiger partial charge on any atom is -0.0690 e. The average molecular weight is 218 g/mol. The molecule has 0 aliphatic carbocycles. The van der Waals surface area contributed by atoms with Crippen LogP contribution in [0, 0.1) is 0 Å². The van der Waals surface area contributed by atoms with Gasteiger partial charge in [0.25, 0.3) is 0 Å². The number of benzene rings is 1. The highest BCUT2D eigenvalue weighted by Crippen LogP contribution is 2.59. The predicted molar refractivity (Wildman–Crippen MR) is 68.3 cm³/mol. The summed E-state index contributed by atoms with van der Waals surface area (Å²) in [5.41, 5.74) is 2.13. The van der Waals surface area contributed by atoms with Crippen molar-refractivity contribution in [3.05, 3.63) is 30.3 Å². The molecule has 0 N–H and O–H groups in total. The van der Waals surface area contributed by atoms with Gasteiger partial charge in [0.2, 0.25) is 0 Å². The Labute approximate surface area is 93.8 Å². The van der Waals surface area contributed by atoms with Crippen LogP contribution < -0.4 is 5.30 Å². The van der Waals surface area contributed by atoms with E-state index in [-0.39, 0.29) is 7.92 Å². The van der Waals surface area contributed by atoms with Gasteiger partial charge in [-0.15, -0.1) is 0 Å². The number of hydrogen-bond donors (Lipinski definition) is 0. The molecule has 80 valence electrons. The van der Waals surface area contributed by atoms with Crippen molar-refractivity contribution in [1.29, 1.82) is 0 Å². The Balaban J connectivity index is 1.91. The lowest BCUT2D eigenvalue weighted by Crippen LogP contribution is -2.12. The molecule has 2 bridgehead atoms. The normalized spacial score (nSPS) is 35.1. The van der Waals surface area contributed by atoms with Crippen LogP contribution in [0.25, 0.3) is 0 Å². The van der Waals surface area contributed by atoms with Crippen LogP contribution in [0.5, 0.6) is 0 Å². The van der Waals surface area contributed by atoms with Gasteiger partial charge in [-0.05, 0) is 42.3 Å². The summed E-state index contributed by atoms with van der Waals surface area (Å²) in [5, 5.41) is 1.68. The van der Waals surface area contributed by atoms with Crippen LogP contribution in [0.15, 0.2) is 30.3 Å². The maximum atomic E-state index is 2.38. The van der Waals surface area contributed by atoms with E-state index in [4.69, 9.17) is 0 Å². The zero-order chi connectivity index (χ0) is 10.1. The largest absolute Gasteiger partial charge is 0.0690 e. The summed E-state index contributed by atoms with van der Waals surface area (Å²) in [6.45, 7) is 0. The number of fused-ring (bicyclic) bond motifs is 2. The van der Waals surface area contributed by atoms with Crippen LogP contribution in [-0.4, -0.2) is 11.3 Å². The maximum absolute atomic E-state index is 2.38. The summed E-state index contributed by atoms with van der Waals surface area (Å²) in [7, 11) is 0.195. The number of hydrogen-bond acceptors (Lipinski definition) is 0. The summed E-state index contributed by atoms with van der Waals surface area (Å²) in [6.07, 6.45) is 9.05. The van der Waals surface area contributed by atoms with Crippen molar-refractivity contribution in [3.8, 4) is 0 Å². The monoisotopic (exact) mass is 218 g/mol. The molecule has 2 aliphatic heterocycles. The first-order chi connectivity index (χ1) is 7.45. The van der Waals surface area contributed by atoms with E-state index in [0.717, 1.165) is 11.3 Å². The van der Waals surface area contributed by atoms with Gasteiger partial charge in [-0.2, -0.15) is 0 Å². The van der Waals surface area contributed by atoms with Gasteiger partial charge in [-0.25, -0.2) is 0 Å². The van der Waals surface area contributed by atoms with Crippen LogP contribution in [0.4, 0.5) is 0 Å². The fourth-order valence-corrected chi connectivity index (χ4v) is 7.04. The Hall–Kier alpha value is -0.350. The first kappa shape index (κ1) is 9.85. The van der Waals surface area contributed by atoms with E-state index in [2.05, 4.69) is 30.3 Å². The first-order valence-corrected chi connectivity index (χ1v) is 7.76. The van der Waals surface area contributed by atoms with Crippen molar-refractivity contribution in [2.24, 2.45) is 0 Å². The van der Waals surface area contributed by atoms with E-state index in [0.29, 0.717) is 0 Å². The molecule has 2 saturated heterocycles. The summed E-state index contributed by atoms with van der Waals surface area (Å²) in [5.74, 6) is 0. The highest BCUT2D eigenvalue weighted by Gasteiger charge is 2.37. The second kappa shape index (κ2) is 4.26. The van der Waals surface area contributed by atoms with E-state index in [1.54, 1.807) is 5.30 Å². The van der Waals surface area contributed by atoms with E-state index >= 15 is 0 Å². The zero-order valence-electron chi connectivity index (χ0n) is 9.23. The fourth-order valence-electron chi connectivity index (χ4n) is 3.31. The lowest BCUT2D eigenvalue weighted by molar-refractivity contribution is 0.556. The molecule has 0 radical (unpaired) electrons. The van der Waals surface area contributed by atoms with Crippen molar-refractivity contribution in [2.45, 2.75) is 49.8 Å². The van der Waals surface area contributed by atoms with Crippen LogP contribution in [0.2, 0.25) is 0 Å². The van der Waals surface area contributed by atoms with Gasteiger partial charge in [0, 0.05) is 0 Å². The molecular weight excluding hydrogens is 199 g/mol. The molecule has 2 fully saturated rings. The fraction of sp³-hybridized carbons (Fsp3) is 0.571. The molecule has 1 unspecified atom stereocenters. The van der Waals surface area contributed by atoms with Crippen molar-refractivity contribution >= 4 is 13.2 Å². The highest BCUT2D eigenvalue weighted by molar-refractivity contribution is 7.67. The van der Waals surface area contributed by atoms with Crippen LogP contribution in [0.1, 0.15) is 38.5 Å². The lowest BCUT2D eigenvalue weighted by atomic mass is 10.0. The Morgan fingerprint density at radius 1 is 0.800 bits per heavy atom. The first-order valence-electron chi connectivity index (χ1n) is 6.28. The Kier molecular flexibility index (Phi) is 2.79. The molecule has 0 amide bonds. The minimum atomic E-state index is 0.195. The second-order valence-electron chi connectivity index (χ2n) is 4.91. The van der Waals surface area contributed by atoms with Crippen molar-refractivity contribution in [2.75, 3.05) is 0 Å². The van der Waals surface area contributed by atoms with Gasteiger partial charge in [0.15, 0.2) is 0 Å². The molecule has 1 aromatic rings. The van der Waals surface area contributed by atoms with E-state index in [1.165, 1.54) is 38.5 Å². The quantitative estimate of drug-likeness (QED) is 0.627. The average Bonchev–Trinajstić information content (AvgIpc) is 2.53. The SMILES string of the molecule is c1ccc(P2[C@@H]3CCCC[C@H]2CC3)cc1. The third-order valence-electron chi connectivity index (χ3n) is 4.00. The third-order valence-corrected chi connectivity index (χ3v) is 7.50. The Morgan fingerprint density at radius 2 is 1.40 bits per heavy atom. The predicted octanol–water partition coefficient (Wildman–Crippen LogP) is 3.90. The molecule has 2 heterocycles. The Bertz CT molecular complexity index is 305. The smallest absolute Gasteiger partial charge is 0.0166 e. The van der Waals surface area contributed by atoms with Gasteiger partial charge < -0.3 is 0 Å². The van der Waals surface area contributed by atoms with E-state index in [1.807, 2.05) is 0 Å². The molecule has 3 rings (SSSR count). The molecule has 0 nitrogen and oxygen atoms in total. The van der Waals surface area contributed by atoms with E-state index in [9.17, 15) is 0 Å². The van der Waals surface area contributed by atoms with Crippen LogP contribution in [0.3, 0.4) is 0 Å². The molecule has 0 spiro atoms. The van der Waals surface area contributed by atoms with Gasteiger partial charge in [-0.1, -0.05) is 51.1 Å². The molecule has 2 aliphatic rings. The van der Waals surface area contributed by atoms with Crippen molar-refractivity contribution < 1.29 is 0 Å². The molecule has 1 aromatic carbocycles. The molecule has 1 heteroatoms. The highest BCUT2D eigenvalue weighted by atomic mass is 31.1. The summed E-state index contributed by atoms with van der Waals surface area (Å²) < 4.78 is 0.